The number of aliphatic hydroxyl groups is 2. The van der Waals surface area contributed by atoms with Crippen molar-refractivity contribution in [1.82, 2.24) is 25.8 Å². The maximum atomic E-state index is 13.8. The van der Waals surface area contributed by atoms with E-state index in [2.05, 4.69) is 20.9 Å². The lowest BCUT2D eigenvalue weighted by molar-refractivity contribution is -0.131. The molecule has 5 rings (SSSR count). The summed E-state index contributed by atoms with van der Waals surface area (Å²) in [5, 5.41) is 30.9. The van der Waals surface area contributed by atoms with Crippen LogP contribution in [0.4, 0.5) is 0 Å². The molecule has 3 aromatic carbocycles. The highest BCUT2D eigenvalue weighted by Crippen LogP contribution is 2.29. The van der Waals surface area contributed by atoms with Crippen LogP contribution in [0.1, 0.15) is 56.6 Å². The first-order chi connectivity index (χ1) is 25.1. The number of aromatic nitrogens is 1. The summed E-state index contributed by atoms with van der Waals surface area (Å²) in [5.74, 6) is -1.73. The molecular weight excluding hydrogens is 695 g/mol. The number of carbonyl (C=O) groups excluding carboxylic acids is 3. The van der Waals surface area contributed by atoms with Crippen molar-refractivity contribution in [3.05, 3.63) is 108 Å². The molecule has 3 amide bonds. The number of benzene rings is 3. The molecule has 5 unspecified atom stereocenters. The Hall–Kier alpha value is -4.69. The van der Waals surface area contributed by atoms with E-state index < -0.39 is 62.8 Å². The van der Waals surface area contributed by atoms with Gasteiger partial charge in [0.2, 0.25) is 11.8 Å². The van der Waals surface area contributed by atoms with Gasteiger partial charge in [-0.1, -0.05) is 72.8 Å². The molecule has 0 radical (unpaired) electrons. The van der Waals surface area contributed by atoms with Crippen LogP contribution in [0.2, 0.25) is 0 Å². The Bertz CT molecular complexity index is 1990. The fourth-order valence-electron chi connectivity index (χ4n) is 6.61. The van der Waals surface area contributed by atoms with Crippen LogP contribution >= 0.6 is 0 Å². The van der Waals surface area contributed by atoms with Crippen molar-refractivity contribution in [2.75, 3.05) is 13.1 Å². The molecule has 6 atom stereocenters. The molecule has 53 heavy (non-hydrogen) atoms. The van der Waals surface area contributed by atoms with Crippen molar-refractivity contribution >= 4 is 38.5 Å². The van der Waals surface area contributed by atoms with Crippen LogP contribution in [0.15, 0.2) is 102 Å². The zero-order valence-corrected chi connectivity index (χ0v) is 31.3. The van der Waals surface area contributed by atoms with Gasteiger partial charge in [-0.25, -0.2) is 13.4 Å². The van der Waals surface area contributed by atoms with Crippen LogP contribution in [0, 0.1) is 0 Å². The van der Waals surface area contributed by atoms with Gasteiger partial charge in [-0.05, 0) is 76.8 Å². The maximum absolute atomic E-state index is 13.8. The molecule has 1 aliphatic heterocycles. The molecule has 13 heteroatoms. The largest absolute Gasteiger partial charge is 0.391 e. The number of nitrogens with one attached hydrogen (secondary N) is 3. The summed E-state index contributed by atoms with van der Waals surface area (Å²) in [6.07, 6.45) is -2.10. The first kappa shape index (κ1) is 39.5. The van der Waals surface area contributed by atoms with Crippen LogP contribution in [0.5, 0.6) is 0 Å². The van der Waals surface area contributed by atoms with Gasteiger partial charge in [0, 0.05) is 24.0 Å². The summed E-state index contributed by atoms with van der Waals surface area (Å²) in [6.45, 7) is 7.03. The first-order valence-corrected chi connectivity index (χ1v) is 19.4. The SMILES string of the molecule is CC(O)C(NC(=O)c1ccc2ccccc2n1)C(=O)NC(Cc1ccccc1)C(O)CN1CC[C@@H](S(=O)(=O)c2ccccc2)CC1C(=O)NC(C)(C)C. The predicted octanol–water partition coefficient (Wildman–Crippen LogP) is 3.02. The molecule has 1 fully saturated rings. The number of sulfone groups is 1. The number of rotatable bonds is 13. The van der Waals surface area contributed by atoms with Crippen LogP contribution < -0.4 is 16.0 Å². The Morgan fingerprint density at radius 2 is 1.53 bits per heavy atom. The van der Waals surface area contributed by atoms with E-state index in [1.54, 1.807) is 53.4 Å². The number of hydrogen-bond acceptors (Lipinski definition) is 9. The first-order valence-electron chi connectivity index (χ1n) is 17.8. The number of amides is 3. The lowest BCUT2D eigenvalue weighted by Crippen LogP contribution is -2.61. The number of nitrogens with zero attached hydrogens (tertiary/aromatic N) is 2. The van der Waals surface area contributed by atoms with E-state index >= 15 is 0 Å². The lowest BCUT2D eigenvalue weighted by Gasteiger charge is -2.41. The van der Waals surface area contributed by atoms with E-state index in [-0.39, 0.29) is 48.8 Å². The number of likely N-dealkylation sites (tertiary alicyclic amines) is 1. The molecule has 1 aromatic heterocycles. The maximum Gasteiger partial charge on any atom is 0.270 e. The molecule has 1 saturated heterocycles. The van der Waals surface area contributed by atoms with Crippen LogP contribution in [-0.2, 0) is 25.8 Å². The van der Waals surface area contributed by atoms with E-state index in [9.17, 15) is 33.0 Å². The van der Waals surface area contributed by atoms with Gasteiger partial charge in [0.1, 0.15) is 11.7 Å². The van der Waals surface area contributed by atoms with Gasteiger partial charge in [-0.15, -0.1) is 0 Å². The number of para-hydroxylation sites is 1. The summed E-state index contributed by atoms with van der Waals surface area (Å²) in [5.41, 5.74) is 0.879. The van der Waals surface area contributed by atoms with Crippen LogP contribution in [-0.4, -0.2) is 100 Å². The molecule has 1 aliphatic rings. The Morgan fingerprint density at radius 1 is 0.887 bits per heavy atom. The standard InChI is InChI=1S/C40H49N5O7S/c1-26(46)36(43-37(48)32-20-19-28-15-11-12-18-31(28)41-32)39(50)42-33(23-27-13-7-5-8-14-27)35(47)25-45-22-21-30(24-34(45)38(49)44-40(2,3)4)53(51,52)29-16-9-6-10-17-29/h5-20,26,30,33-36,46-47H,21-25H2,1-4H3,(H,42,50)(H,43,48)(H,44,49)/t26?,30-,33?,34?,35?,36?/m1/s1. The number of carbonyl (C=O) groups is 3. The zero-order chi connectivity index (χ0) is 38.3. The number of β-amino-alcohol motifs (C(OH)–C–C–N with tert-alkyl or cyclic N) is 1. The fraction of sp³-hybridized carbons (Fsp3) is 0.400. The average molecular weight is 744 g/mol. The van der Waals surface area contributed by atoms with Crippen molar-refractivity contribution in [3.63, 3.8) is 0 Å². The van der Waals surface area contributed by atoms with Gasteiger partial charge in [-0.2, -0.15) is 0 Å². The number of piperidine rings is 1. The zero-order valence-electron chi connectivity index (χ0n) is 30.5. The monoisotopic (exact) mass is 743 g/mol. The predicted molar refractivity (Wildman–Crippen MR) is 203 cm³/mol. The quantitative estimate of drug-likeness (QED) is 0.138. The molecule has 0 saturated carbocycles. The van der Waals surface area contributed by atoms with Gasteiger partial charge in [-0.3, -0.25) is 19.3 Å². The van der Waals surface area contributed by atoms with Crippen molar-refractivity contribution in [3.8, 4) is 0 Å². The number of aliphatic hydroxyl groups excluding tert-OH is 2. The Morgan fingerprint density at radius 3 is 2.19 bits per heavy atom. The minimum atomic E-state index is -3.74. The molecule has 4 aromatic rings. The average Bonchev–Trinajstić information content (AvgIpc) is 3.13. The third-order valence-corrected chi connectivity index (χ3v) is 11.6. The molecule has 5 N–H and O–H groups in total. The highest BCUT2D eigenvalue weighted by molar-refractivity contribution is 7.92. The number of hydrogen-bond donors (Lipinski definition) is 5. The van der Waals surface area contributed by atoms with Crippen molar-refractivity contribution in [2.45, 2.75) is 93.0 Å². The van der Waals surface area contributed by atoms with E-state index in [0.717, 1.165) is 10.9 Å². The van der Waals surface area contributed by atoms with E-state index in [0.29, 0.717) is 5.52 Å². The smallest absolute Gasteiger partial charge is 0.270 e. The number of pyridine rings is 1. The van der Waals surface area contributed by atoms with Gasteiger partial charge < -0.3 is 26.2 Å². The van der Waals surface area contributed by atoms with E-state index in [4.69, 9.17) is 0 Å². The summed E-state index contributed by atoms with van der Waals surface area (Å²) >= 11 is 0. The third kappa shape index (κ3) is 10.3. The van der Waals surface area contributed by atoms with Gasteiger partial charge in [0.25, 0.3) is 5.91 Å². The van der Waals surface area contributed by atoms with Gasteiger partial charge in [0.15, 0.2) is 9.84 Å². The molecular formula is C40H49N5O7S. The fourth-order valence-corrected chi connectivity index (χ4v) is 8.39. The van der Waals surface area contributed by atoms with Crippen molar-refractivity contribution < 1.29 is 33.0 Å². The minimum Gasteiger partial charge on any atom is -0.391 e. The Kier molecular flexibility index (Phi) is 12.7. The second kappa shape index (κ2) is 17.0. The second-order valence-corrected chi connectivity index (χ2v) is 16.9. The van der Waals surface area contributed by atoms with Crippen LogP contribution in [0.3, 0.4) is 0 Å². The number of fused-ring (bicyclic) bond motifs is 1. The highest BCUT2D eigenvalue weighted by Gasteiger charge is 2.42. The second-order valence-electron chi connectivity index (χ2n) is 14.7. The molecule has 0 aliphatic carbocycles. The minimum absolute atomic E-state index is 0.0144. The summed E-state index contributed by atoms with van der Waals surface area (Å²) < 4.78 is 27.3. The lowest BCUT2D eigenvalue weighted by atomic mass is 9.96. The van der Waals surface area contributed by atoms with Crippen molar-refractivity contribution in [1.29, 1.82) is 0 Å². The molecule has 0 spiro atoms. The molecule has 0 bridgehead atoms. The third-order valence-electron chi connectivity index (χ3n) is 9.37. The molecule has 12 nitrogen and oxygen atoms in total. The topological polar surface area (TPSA) is 178 Å². The highest BCUT2D eigenvalue weighted by atomic mass is 32.2. The van der Waals surface area contributed by atoms with E-state index in [1.807, 2.05) is 63.2 Å². The van der Waals surface area contributed by atoms with Gasteiger partial charge in [0.05, 0.1) is 40.0 Å². The summed E-state index contributed by atoms with van der Waals surface area (Å²) in [4.78, 5) is 47.2. The Labute approximate surface area is 310 Å². The van der Waals surface area contributed by atoms with Crippen molar-refractivity contribution in [2.24, 2.45) is 0 Å². The molecule has 2 heterocycles. The van der Waals surface area contributed by atoms with E-state index in [1.165, 1.54) is 13.0 Å². The van der Waals surface area contributed by atoms with Crippen LogP contribution in [0.25, 0.3) is 10.9 Å². The summed E-state index contributed by atoms with van der Waals surface area (Å²) in [6, 6.07) is 24.8. The Balaban J connectivity index is 1.36. The molecule has 282 valence electrons. The normalized spacial score (nSPS) is 19.1. The summed E-state index contributed by atoms with van der Waals surface area (Å²) in [7, 11) is -3.74. The van der Waals surface area contributed by atoms with Gasteiger partial charge >= 0.3 is 0 Å².